The minimum absolute atomic E-state index is 0. The predicted octanol–water partition coefficient (Wildman–Crippen LogP) is 3.12. The van der Waals surface area contributed by atoms with E-state index in [-0.39, 0.29) is 31.0 Å². The highest BCUT2D eigenvalue weighted by molar-refractivity contribution is 7.93. The van der Waals surface area contributed by atoms with Crippen LogP contribution in [0, 0.1) is 0 Å². The fourth-order valence-corrected chi connectivity index (χ4v) is 6.56. The Bertz CT molecular complexity index is 1730. The summed E-state index contributed by atoms with van der Waals surface area (Å²) in [5, 5.41) is 0. The Balaban J connectivity index is 0.000000184. The van der Waals surface area contributed by atoms with Crippen molar-refractivity contribution < 1.29 is 26.1 Å². The van der Waals surface area contributed by atoms with E-state index in [4.69, 9.17) is 9.31 Å². The first-order valence-corrected chi connectivity index (χ1v) is 15.4. The molecule has 6 rings (SSSR count). The van der Waals surface area contributed by atoms with E-state index >= 15 is 0 Å². The molecule has 0 radical (unpaired) electrons. The van der Waals surface area contributed by atoms with Gasteiger partial charge < -0.3 is 9.31 Å². The van der Waals surface area contributed by atoms with Crippen molar-refractivity contribution in [2.45, 2.75) is 44.1 Å². The van der Waals surface area contributed by atoms with Crippen molar-refractivity contribution in [3.05, 3.63) is 96.6 Å². The highest BCUT2D eigenvalue weighted by Gasteiger charge is 2.28. The van der Waals surface area contributed by atoms with Crippen molar-refractivity contribution in [3.63, 3.8) is 0 Å². The molecule has 0 saturated heterocycles. The Morgan fingerprint density at radius 2 is 1.34 bits per heavy atom. The maximum atomic E-state index is 12.3. The number of pyridine rings is 2. The van der Waals surface area contributed by atoms with Gasteiger partial charge in [-0.25, -0.2) is 16.8 Å². The van der Waals surface area contributed by atoms with Crippen LogP contribution in [0.15, 0.2) is 95.2 Å². The van der Waals surface area contributed by atoms with Gasteiger partial charge in [-0.05, 0) is 64.5 Å². The largest absolute Gasteiger partial charge is 0.427 e. The number of rotatable bonds is 6. The molecule has 0 bridgehead atoms. The third-order valence-electron chi connectivity index (χ3n) is 6.55. The summed E-state index contributed by atoms with van der Waals surface area (Å²) < 4.78 is 65.3. The van der Waals surface area contributed by atoms with Crippen molar-refractivity contribution in [1.29, 1.82) is 0 Å². The summed E-state index contributed by atoms with van der Waals surface area (Å²) in [5.41, 5.74) is 5.14. The Kier molecular flexibility index (Phi) is 9.17. The van der Waals surface area contributed by atoms with Gasteiger partial charge in [-0.1, -0.05) is 39.3 Å². The highest BCUT2D eigenvalue weighted by atomic mass is 32.2. The smallest absolute Gasteiger partial charge is 0.326 e. The first kappa shape index (κ1) is 30.3. The second kappa shape index (κ2) is 12.4. The predicted molar refractivity (Wildman–Crippen MR) is 162 cm³/mol. The Morgan fingerprint density at radius 3 is 1.98 bits per heavy atom. The van der Waals surface area contributed by atoms with Crippen LogP contribution in [0.25, 0.3) is 0 Å². The summed E-state index contributed by atoms with van der Waals surface area (Å²) in [5.74, 6) is 0. The molecule has 2 aromatic carbocycles. The molecule has 0 aliphatic carbocycles. The summed E-state index contributed by atoms with van der Waals surface area (Å²) in [6, 6.07) is 17.2. The van der Waals surface area contributed by atoms with Crippen LogP contribution in [0.1, 0.15) is 18.6 Å². The number of anilines is 2. The van der Waals surface area contributed by atoms with Gasteiger partial charge in [-0.3, -0.25) is 19.4 Å². The van der Waals surface area contributed by atoms with Crippen LogP contribution < -0.4 is 20.4 Å². The molecule has 4 heterocycles. The van der Waals surface area contributed by atoms with Gasteiger partial charge in [0.1, 0.15) is 9.79 Å². The van der Waals surface area contributed by atoms with Crippen molar-refractivity contribution in [2.24, 2.45) is 0 Å². The van der Waals surface area contributed by atoms with Crippen molar-refractivity contribution >= 4 is 56.2 Å². The fraction of sp³-hybridized carbons (Fsp3) is 0.185. The van der Waals surface area contributed by atoms with Gasteiger partial charge in [-0.2, -0.15) is 0 Å². The van der Waals surface area contributed by atoms with E-state index in [9.17, 15) is 16.8 Å². The van der Waals surface area contributed by atoms with Crippen LogP contribution in [-0.4, -0.2) is 40.6 Å². The molecule has 41 heavy (non-hydrogen) atoms. The van der Waals surface area contributed by atoms with Gasteiger partial charge in [-0.15, -0.1) is 0 Å². The van der Waals surface area contributed by atoms with E-state index in [1.807, 2.05) is 37.9 Å². The van der Waals surface area contributed by atoms with Crippen molar-refractivity contribution in [3.8, 4) is 0 Å². The molecule has 14 heteroatoms. The molecule has 0 amide bonds. The maximum Gasteiger partial charge on any atom is 0.326 e. The van der Waals surface area contributed by atoms with E-state index in [0.29, 0.717) is 24.6 Å². The summed E-state index contributed by atoms with van der Waals surface area (Å²) in [6.07, 6.45) is 5.72. The van der Waals surface area contributed by atoms with Crippen molar-refractivity contribution in [2.75, 3.05) is 9.44 Å². The second-order valence-corrected chi connectivity index (χ2v) is 12.7. The molecule has 0 fully saturated rings. The SMILES string of the molecule is C.CB1OCc2ccc(NS(=O)(=O)c3cccnc3)cc21.CB1OCc2cccc(NS(=O)(=O)c3cccnc3)c21. The maximum absolute atomic E-state index is 12.3. The van der Waals surface area contributed by atoms with Gasteiger partial charge in [0.05, 0.1) is 13.2 Å². The third kappa shape index (κ3) is 6.79. The number of nitrogens with zero attached hydrogens (tertiary/aromatic N) is 2. The lowest BCUT2D eigenvalue weighted by Crippen LogP contribution is -2.29. The molecule has 2 N–H and O–H groups in total. The molecule has 2 aromatic heterocycles. The van der Waals surface area contributed by atoms with Crippen LogP contribution >= 0.6 is 0 Å². The van der Waals surface area contributed by atoms with Gasteiger partial charge in [0, 0.05) is 36.2 Å². The second-order valence-electron chi connectivity index (χ2n) is 9.29. The van der Waals surface area contributed by atoms with Crippen molar-refractivity contribution in [1.82, 2.24) is 9.97 Å². The topological polar surface area (TPSA) is 137 Å². The molecule has 2 aliphatic heterocycles. The zero-order valence-corrected chi connectivity index (χ0v) is 23.4. The molecule has 0 unspecified atom stereocenters. The molecule has 2 aliphatic rings. The van der Waals surface area contributed by atoms with Crippen LogP contribution in [0.3, 0.4) is 0 Å². The van der Waals surface area contributed by atoms with Gasteiger partial charge in [0.25, 0.3) is 20.0 Å². The van der Waals surface area contributed by atoms with E-state index in [0.717, 1.165) is 22.1 Å². The molecule has 0 saturated carbocycles. The quantitative estimate of drug-likeness (QED) is 0.326. The van der Waals surface area contributed by atoms with Crippen LogP contribution in [-0.2, 0) is 42.6 Å². The van der Waals surface area contributed by atoms with E-state index in [1.54, 1.807) is 24.3 Å². The van der Waals surface area contributed by atoms with E-state index in [1.165, 1.54) is 36.9 Å². The minimum atomic E-state index is -3.63. The van der Waals surface area contributed by atoms with E-state index in [2.05, 4.69) is 19.4 Å². The van der Waals surface area contributed by atoms with Crippen LogP contribution in [0.4, 0.5) is 11.4 Å². The fourth-order valence-electron chi connectivity index (χ4n) is 4.51. The lowest BCUT2D eigenvalue weighted by atomic mass is 9.63. The zero-order valence-electron chi connectivity index (χ0n) is 21.8. The minimum Gasteiger partial charge on any atom is -0.427 e. The average Bonchev–Trinajstić information content (AvgIpc) is 3.52. The number of benzene rings is 2. The van der Waals surface area contributed by atoms with Crippen LogP contribution in [0.2, 0.25) is 13.6 Å². The first-order valence-electron chi connectivity index (χ1n) is 12.5. The third-order valence-corrected chi connectivity index (χ3v) is 9.27. The van der Waals surface area contributed by atoms with E-state index < -0.39 is 20.0 Å². The highest BCUT2D eigenvalue weighted by Crippen LogP contribution is 2.21. The summed E-state index contributed by atoms with van der Waals surface area (Å²) >= 11 is 0. The first-order chi connectivity index (χ1) is 19.1. The lowest BCUT2D eigenvalue weighted by molar-refractivity contribution is 0.333. The molecule has 212 valence electrons. The Morgan fingerprint density at radius 1 is 0.732 bits per heavy atom. The summed E-state index contributed by atoms with van der Waals surface area (Å²) in [7, 11) is -7.23. The van der Waals surface area contributed by atoms with Gasteiger partial charge >= 0.3 is 13.8 Å². The zero-order chi connectivity index (χ0) is 28.3. The standard InChI is InChI=1S/2C13H13BN2O3S.CH4/c1-14-13-10(9-19-14)4-2-6-12(13)16-20(17,18)11-5-3-7-15-8-11;1-14-13-7-11(5-4-10(13)9-19-14)16-20(17,18)12-3-2-6-15-8-12;/h2*2-8,16H,9H2,1H3;1H4. The molecular formula is C27H30B2N4O6S2. The number of fused-ring (bicyclic) bond motifs is 2. The van der Waals surface area contributed by atoms with Gasteiger partial charge in [0.15, 0.2) is 0 Å². The normalized spacial score (nSPS) is 13.8. The van der Waals surface area contributed by atoms with Crippen LogP contribution in [0.5, 0.6) is 0 Å². The molecule has 10 nitrogen and oxygen atoms in total. The Hall–Kier alpha value is -3.71. The number of hydrogen-bond acceptors (Lipinski definition) is 8. The average molecular weight is 592 g/mol. The number of hydrogen-bond donors (Lipinski definition) is 2. The lowest BCUT2D eigenvalue weighted by Gasteiger charge is -2.12. The summed E-state index contributed by atoms with van der Waals surface area (Å²) in [4.78, 5) is 7.95. The molecular weight excluding hydrogens is 562 g/mol. The molecule has 0 spiro atoms. The van der Waals surface area contributed by atoms with Gasteiger partial charge in [0.2, 0.25) is 0 Å². The molecule has 4 aromatic rings. The monoisotopic (exact) mass is 592 g/mol. The Labute approximate surface area is 241 Å². The molecule has 0 atom stereocenters. The number of nitrogens with one attached hydrogen (secondary N) is 2. The number of aromatic nitrogens is 2. The number of sulfonamides is 2. The summed E-state index contributed by atoms with van der Waals surface area (Å²) in [6.45, 7) is 4.83.